The molecule has 2 aromatic rings. The first-order valence-electron chi connectivity index (χ1n) is 7.71. The maximum absolute atomic E-state index is 11.9. The van der Waals surface area contributed by atoms with Crippen molar-refractivity contribution in [1.82, 2.24) is 0 Å². The number of amides is 2. The summed E-state index contributed by atoms with van der Waals surface area (Å²) < 4.78 is 5.37. The summed E-state index contributed by atoms with van der Waals surface area (Å²) >= 11 is 0. The zero-order valence-corrected chi connectivity index (χ0v) is 13.8. The zero-order chi connectivity index (χ0) is 17.4. The lowest BCUT2D eigenvalue weighted by molar-refractivity contribution is -0.115. The fraction of sp³-hybridized carbons (Fsp3) is 0.222. The lowest BCUT2D eigenvalue weighted by Gasteiger charge is -2.09. The second-order valence-electron chi connectivity index (χ2n) is 5.12. The van der Waals surface area contributed by atoms with Gasteiger partial charge in [-0.25, -0.2) is 0 Å². The average Bonchev–Trinajstić information content (AvgIpc) is 2.56. The molecule has 2 rings (SSSR count). The van der Waals surface area contributed by atoms with Gasteiger partial charge in [0.2, 0.25) is 11.8 Å². The predicted octanol–water partition coefficient (Wildman–Crippen LogP) is 3.09. The molecule has 2 amide bonds. The Kier molecular flexibility index (Phi) is 6.19. The fourth-order valence-electron chi connectivity index (χ4n) is 2.06. The van der Waals surface area contributed by atoms with Crippen molar-refractivity contribution < 1.29 is 14.3 Å². The fourth-order valence-corrected chi connectivity index (χ4v) is 2.06. The topological polar surface area (TPSA) is 79.5 Å². The van der Waals surface area contributed by atoms with E-state index in [-0.39, 0.29) is 18.4 Å². The lowest BCUT2D eigenvalue weighted by atomic mass is 10.2. The first-order chi connectivity index (χ1) is 11.6. The second kappa shape index (κ2) is 8.57. The highest BCUT2D eigenvalue weighted by Gasteiger charge is 2.03. The van der Waals surface area contributed by atoms with Gasteiger partial charge in [0, 0.05) is 24.0 Å². The van der Waals surface area contributed by atoms with Gasteiger partial charge in [-0.1, -0.05) is 0 Å². The molecule has 0 aliphatic carbocycles. The first kappa shape index (κ1) is 17.3. The summed E-state index contributed by atoms with van der Waals surface area (Å²) in [7, 11) is 0. The quantitative estimate of drug-likeness (QED) is 0.730. The molecule has 0 radical (unpaired) electrons. The summed E-state index contributed by atoms with van der Waals surface area (Å²) in [5, 5.41) is 8.50. The van der Waals surface area contributed by atoms with E-state index in [1.54, 1.807) is 24.3 Å². The molecular formula is C18H21N3O3. The van der Waals surface area contributed by atoms with Crippen LogP contribution in [0.3, 0.4) is 0 Å². The molecule has 126 valence electrons. The van der Waals surface area contributed by atoms with Gasteiger partial charge in [0.05, 0.1) is 13.2 Å². The number of benzene rings is 2. The van der Waals surface area contributed by atoms with Crippen molar-refractivity contribution in [3.05, 3.63) is 48.5 Å². The van der Waals surface area contributed by atoms with Crippen LogP contribution in [0.2, 0.25) is 0 Å². The van der Waals surface area contributed by atoms with E-state index >= 15 is 0 Å². The molecule has 2 aromatic carbocycles. The van der Waals surface area contributed by atoms with Crippen LogP contribution < -0.4 is 20.7 Å². The van der Waals surface area contributed by atoms with Crippen LogP contribution in [0.15, 0.2) is 48.5 Å². The Morgan fingerprint density at radius 2 is 1.42 bits per heavy atom. The van der Waals surface area contributed by atoms with Crippen molar-refractivity contribution in [2.24, 2.45) is 0 Å². The van der Waals surface area contributed by atoms with Gasteiger partial charge >= 0.3 is 0 Å². The minimum Gasteiger partial charge on any atom is -0.494 e. The number of rotatable bonds is 7. The van der Waals surface area contributed by atoms with Crippen LogP contribution in [-0.4, -0.2) is 25.0 Å². The Morgan fingerprint density at radius 3 is 1.96 bits per heavy atom. The first-order valence-corrected chi connectivity index (χ1v) is 7.71. The number of nitrogens with one attached hydrogen (secondary N) is 3. The summed E-state index contributed by atoms with van der Waals surface area (Å²) in [5.41, 5.74) is 2.20. The third kappa shape index (κ3) is 5.64. The third-order valence-electron chi connectivity index (χ3n) is 3.11. The molecule has 0 unspecified atom stereocenters. The van der Waals surface area contributed by atoms with E-state index < -0.39 is 0 Å². The van der Waals surface area contributed by atoms with Crippen LogP contribution in [-0.2, 0) is 9.59 Å². The molecule has 0 atom stereocenters. The van der Waals surface area contributed by atoms with E-state index in [1.807, 2.05) is 31.2 Å². The van der Waals surface area contributed by atoms with Gasteiger partial charge in [-0.2, -0.15) is 0 Å². The Balaban J connectivity index is 1.81. The molecular weight excluding hydrogens is 306 g/mol. The zero-order valence-electron chi connectivity index (χ0n) is 13.8. The lowest BCUT2D eigenvalue weighted by Crippen LogP contribution is -2.21. The maximum atomic E-state index is 11.9. The molecule has 6 nitrogen and oxygen atoms in total. The maximum Gasteiger partial charge on any atom is 0.243 e. The molecule has 0 aliphatic heterocycles. The van der Waals surface area contributed by atoms with Gasteiger partial charge in [-0.15, -0.1) is 0 Å². The van der Waals surface area contributed by atoms with E-state index in [0.29, 0.717) is 18.0 Å². The van der Waals surface area contributed by atoms with E-state index in [2.05, 4.69) is 16.0 Å². The molecule has 0 aliphatic rings. The number of anilines is 3. The highest BCUT2D eigenvalue weighted by Crippen LogP contribution is 2.16. The van der Waals surface area contributed by atoms with E-state index in [9.17, 15) is 9.59 Å². The standard InChI is InChI=1S/C18H21N3O3/c1-3-24-17-10-8-14(9-11-17)19-12-18(23)21-16-6-4-15(5-7-16)20-13(2)22/h4-11,19H,3,12H2,1-2H3,(H,20,22)(H,21,23). The van der Waals surface area contributed by atoms with Gasteiger partial charge in [-0.3, -0.25) is 9.59 Å². The van der Waals surface area contributed by atoms with Crippen molar-refractivity contribution in [2.45, 2.75) is 13.8 Å². The van der Waals surface area contributed by atoms with E-state index in [4.69, 9.17) is 4.74 Å². The molecule has 24 heavy (non-hydrogen) atoms. The Bertz CT molecular complexity index is 682. The van der Waals surface area contributed by atoms with Gasteiger partial charge in [0.25, 0.3) is 0 Å². The molecule has 0 bridgehead atoms. The highest BCUT2D eigenvalue weighted by molar-refractivity contribution is 5.94. The molecule has 0 heterocycles. The SMILES string of the molecule is CCOc1ccc(NCC(=O)Nc2ccc(NC(C)=O)cc2)cc1. The smallest absolute Gasteiger partial charge is 0.243 e. The van der Waals surface area contributed by atoms with Gasteiger partial charge in [0.1, 0.15) is 5.75 Å². The predicted molar refractivity (Wildman–Crippen MR) is 95.5 cm³/mol. The third-order valence-corrected chi connectivity index (χ3v) is 3.11. The molecule has 3 N–H and O–H groups in total. The molecule has 0 saturated carbocycles. The molecule has 0 spiro atoms. The summed E-state index contributed by atoms with van der Waals surface area (Å²) in [5.74, 6) is 0.509. The van der Waals surface area contributed by atoms with Crippen molar-refractivity contribution in [3.63, 3.8) is 0 Å². The monoisotopic (exact) mass is 327 g/mol. The minimum absolute atomic E-state index is 0.133. The average molecular weight is 327 g/mol. The number of hydrogen-bond acceptors (Lipinski definition) is 4. The van der Waals surface area contributed by atoms with Crippen molar-refractivity contribution >= 4 is 28.9 Å². The molecule has 6 heteroatoms. The van der Waals surface area contributed by atoms with Crippen LogP contribution in [0.5, 0.6) is 5.75 Å². The number of carbonyl (C=O) groups is 2. The Labute approximate surface area is 141 Å². The molecule has 0 fully saturated rings. The largest absolute Gasteiger partial charge is 0.494 e. The normalized spacial score (nSPS) is 9.92. The van der Waals surface area contributed by atoms with Crippen molar-refractivity contribution in [2.75, 3.05) is 29.1 Å². The van der Waals surface area contributed by atoms with Gasteiger partial charge in [-0.05, 0) is 55.5 Å². The van der Waals surface area contributed by atoms with Crippen LogP contribution in [0.4, 0.5) is 17.1 Å². The molecule has 0 aromatic heterocycles. The minimum atomic E-state index is -0.156. The number of ether oxygens (including phenoxy) is 1. The van der Waals surface area contributed by atoms with Crippen molar-refractivity contribution in [3.8, 4) is 5.75 Å². The number of hydrogen-bond donors (Lipinski definition) is 3. The second-order valence-corrected chi connectivity index (χ2v) is 5.12. The van der Waals surface area contributed by atoms with Crippen LogP contribution in [0.1, 0.15) is 13.8 Å². The summed E-state index contributed by atoms with van der Waals surface area (Å²) in [6, 6.07) is 14.4. The summed E-state index contributed by atoms with van der Waals surface area (Å²) in [6.07, 6.45) is 0. The van der Waals surface area contributed by atoms with Crippen LogP contribution in [0, 0.1) is 0 Å². The molecule has 0 saturated heterocycles. The van der Waals surface area contributed by atoms with E-state index in [1.165, 1.54) is 6.92 Å². The Morgan fingerprint density at radius 1 is 0.875 bits per heavy atom. The highest BCUT2D eigenvalue weighted by atomic mass is 16.5. The summed E-state index contributed by atoms with van der Waals surface area (Å²) in [6.45, 7) is 4.15. The van der Waals surface area contributed by atoms with Crippen LogP contribution >= 0.6 is 0 Å². The van der Waals surface area contributed by atoms with Crippen LogP contribution in [0.25, 0.3) is 0 Å². The van der Waals surface area contributed by atoms with E-state index in [0.717, 1.165) is 11.4 Å². The number of carbonyl (C=O) groups excluding carboxylic acids is 2. The van der Waals surface area contributed by atoms with Gasteiger partial charge < -0.3 is 20.7 Å². The Hall–Kier alpha value is -3.02. The van der Waals surface area contributed by atoms with Gasteiger partial charge in [0.15, 0.2) is 0 Å². The summed E-state index contributed by atoms with van der Waals surface area (Å²) in [4.78, 5) is 22.9. The van der Waals surface area contributed by atoms with Crippen molar-refractivity contribution in [1.29, 1.82) is 0 Å².